The van der Waals surface area contributed by atoms with E-state index in [1.165, 1.54) is 84.0 Å². The van der Waals surface area contributed by atoms with Crippen LogP contribution in [-0.2, 0) is 24.8 Å². The average Bonchev–Trinajstić information content (AvgIpc) is 3.09. The maximum Gasteiger partial charge on any atom is 0.261 e. The summed E-state index contributed by atoms with van der Waals surface area (Å²) in [7, 11) is -4.94. The van der Waals surface area contributed by atoms with Crippen molar-refractivity contribution in [2.24, 2.45) is 5.92 Å². The van der Waals surface area contributed by atoms with Gasteiger partial charge in [-0.05, 0) is 99.8 Å². The average molecular weight is 752 g/mol. The highest BCUT2D eigenvalue weighted by Crippen LogP contribution is 2.30. The van der Waals surface area contributed by atoms with E-state index in [2.05, 4.69) is 4.72 Å². The number of amides is 1. The van der Waals surface area contributed by atoms with Crippen LogP contribution in [0.4, 0.5) is 5.69 Å². The maximum atomic E-state index is 14.4. The van der Waals surface area contributed by atoms with Crippen LogP contribution in [0, 0.1) is 5.92 Å². The van der Waals surface area contributed by atoms with Crippen molar-refractivity contribution in [3.63, 3.8) is 0 Å². The molecule has 15 heteroatoms. The van der Waals surface area contributed by atoms with Gasteiger partial charge in [0.2, 0.25) is 10.0 Å². The molecule has 3 aromatic rings. The Labute approximate surface area is 300 Å². The van der Waals surface area contributed by atoms with Gasteiger partial charge in [-0.3, -0.25) is 9.52 Å². The van der Waals surface area contributed by atoms with E-state index in [1.54, 1.807) is 13.0 Å². The molecule has 274 valence electrons. The molecule has 4 rings (SSSR count). The number of sulfonamides is 2. The molecule has 12 nitrogen and oxygen atoms in total. The fourth-order valence-electron chi connectivity index (χ4n) is 5.56. The molecule has 1 aliphatic rings. The fourth-order valence-corrected chi connectivity index (χ4v) is 7.91. The van der Waals surface area contributed by atoms with Gasteiger partial charge in [-0.25, -0.2) is 16.8 Å². The molecular weight excluding hydrogens is 706 g/mol. The zero-order valence-corrected chi connectivity index (χ0v) is 31.3. The van der Waals surface area contributed by atoms with Crippen LogP contribution >= 0.6 is 11.6 Å². The number of aliphatic hydroxyl groups is 1. The summed E-state index contributed by atoms with van der Waals surface area (Å²) in [5, 5.41) is 10.6. The van der Waals surface area contributed by atoms with Crippen molar-refractivity contribution >= 4 is 43.2 Å². The number of fused-ring (bicyclic) bond motifs is 1. The van der Waals surface area contributed by atoms with Crippen molar-refractivity contribution in [2.75, 3.05) is 45.2 Å². The van der Waals surface area contributed by atoms with Gasteiger partial charge < -0.3 is 24.2 Å². The topological polar surface area (TPSA) is 152 Å². The largest absolute Gasteiger partial charge is 0.497 e. The van der Waals surface area contributed by atoms with E-state index in [1.807, 2.05) is 13.8 Å². The second kappa shape index (κ2) is 17.2. The van der Waals surface area contributed by atoms with Crippen molar-refractivity contribution in [3.05, 3.63) is 77.3 Å². The standard InChI is InChI=1S/C35H46ClN3O9S2/c1-24-21-39(25(2)23-40)35(41)32-20-28(37-49(42,43)30-16-12-29(46-5)13-17-30)11-18-33(32)48-26(3)8-6-7-19-47-34(24)22-38(4)50(44,45)31-14-9-27(36)10-15-31/h9-18,20,24-26,34,37,40H,6-8,19,21-23H2,1-5H3/t24-,25-,26+,34-/m1/s1. The lowest BCUT2D eigenvalue weighted by atomic mass is 10.0. The molecule has 0 saturated heterocycles. The van der Waals surface area contributed by atoms with Gasteiger partial charge in [0, 0.05) is 43.4 Å². The summed E-state index contributed by atoms with van der Waals surface area (Å²) in [4.78, 5) is 16.0. The van der Waals surface area contributed by atoms with Gasteiger partial charge in [-0.15, -0.1) is 0 Å². The number of hydrogen-bond acceptors (Lipinski definition) is 9. The molecule has 50 heavy (non-hydrogen) atoms. The number of hydrogen-bond donors (Lipinski definition) is 2. The minimum Gasteiger partial charge on any atom is -0.497 e. The number of ether oxygens (including phenoxy) is 3. The maximum absolute atomic E-state index is 14.4. The number of benzene rings is 3. The number of halogens is 1. The van der Waals surface area contributed by atoms with E-state index in [0.717, 1.165) is 6.42 Å². The van der Waals surface area contributed by atoms with Gasteiger partial charge in [0.15, 0.2) is 0 Å². The third-order valence-electron chi connectivity index (χ3n) is 8.63. The smallest absolute Gasteiger partial charge is 0.261 e. The van der Waals surface area contributed by atoms with E-state index in [0.29, 0.717) is 30.2 Å². The molecular formula is C35H46ClN3O9S2. The van der Waals surface area contributed by atoms with Gasteiger partial charge in [0.25, 0.3) is 15.9 Å². The van der Waals surface area contributed by atoms with E-state index in [9.17, 15) is 26.7 Å². The molecule has 1 aliphatic heterocycles. The van der Waals surface area contributed by atoms with Crippen molar-refractivity contribution in [3.8, 4) is 11.5 Å². The Morgan fingerprint density at radius 3 is 2.32 bits per heavy atom. The monoisotopic (exact) mass is 751 g/mol. The summed E-state index contributed by atoms with van der Waals surface area (Å²) in [5.74, 6) is -0.110. The summed E-state index contributed by atoms with van der Waals surface area (Å²) < 4.78 is 74.9. The molecule has 0 spiro atoms. The molecule has 4 atom stereocenters. The molecule has 3 aromatic carbocycles. The lowest BCUT2D eigenvalue weighted by Crippen LogP contribution is -2.48. The van der Waals surface area contributed by atoms with Gasteiger partial charge in [-0.1, -0.05) is 18.5 Å². The number of aliphatic hydroxyl groups excluding tert-OH is 1. The zero-order chi connectivity index (χ0) is 36.6. The van der Waals surface area contributed by atoms with Crippen molar-refractivity contribution < 1.29 is 40.9 Å². The fraction of sp³-hybridized carbons (Fsp3) is 0.457. The first kappa shape index (κ1) is 39.4. The van der Waals surface area contributed by atoms with Crippen LogP contribution in [0.15, 0.2) is 76.5 Å². The summed E-state index contributed by atoms with van der Waals surface area (Å²) >= 11 is 5.98. The predicted octanol–water partition coefficient (Wildman–Crippen LogP) is 5.27. The van der Waals surface area contributed by atoms with Crippen molar-refractivity contribution in [1.29, 1.82) is 0 Å². The second-order valence-electron chi connectivity index (χ2n) is 12.5. The summed E-state index contributed by atoms with van der Waals surface area (Å²) in [6.07, 6.45) is 1.18. The van der Waals surface area contributed by atoms with Crippen LogP contribution in [0.25, 0.3) is 0 Å². The predicted molar refractivity (Wildman–Crippen MR) is 192 cm³/mol. The molecule has 0 aliphatic carbocycles. The molecule has 0 aromatic heterocycles. The van der Waals surface area contributed by atoms with Crippen LogP contribution in [0.5, 0.6) is 11.5 Å². The summed E-state index contributed by atoms with van der Waals surface area (Å²) in [6.45, 7) is 5.56. The number of carbonyl (C=O) groups excluding carboxylic acids is 1. The molecule has 0 radical (unpaired) electrons. The van der Waals surface area contributed by atoms with Gasteiger partial charge in [0.05, 0.1) is 47.3 Å². The van der Waals surface area contributed by atoms with Crippen molar-refractivity contribution in [2.45, 2.75) is 68.1 Å². The quantitative estimate of drug-likeness (QED) is 0.283. The van der Waals surface area contributed by atoms with Crippen LogP contribution in [0.3, 0.4) is 0 Å². The lowest BCUT2D eigenvalue weighted by molar-refractivity contribution is -0.00833. The van der Waals surface area contributed by atoms with E-state index < -0.39 is 38.1 Å². The molecule has 0 bridgehead atoms. The minimum atomic E-state index is -4.03. The first-order chi connectivity index (χ1) is 23.7. The molecule has 1 heterocycles. The first-order valence-corrected chi connectivity index (χ1v) is 19.7. The molecule has 0 unspecified atom stereocenters. The number of carbonyl (C=O) groups is 1. The van der Waals surface area contributed by atoms with E-state index in [4.69, 9.17) is 25.8 Å². The Bertz CT molecular complexity index is 1810. The molecule has 2 N–H and O–H groups in total. The van der Waals surface area contributed by atoms with E-state index >= 15 is 0 Å². The Kier molecular flexibility index (Phi) is 13.6. The minimum absolute atomic E-state index is 0.00743. The summed E-state index contributed by atoms with van der Waals surface area (Å²) in [6, 6.07) is 15.7. The Balaban J connectivity index is 1.67. The third kappa shape index (κ3) is 9.89. The van der Waals surface area contributed by atoms with Crippen molar-refractivity contribution in [1.82, 2.24) is 9.21 Å². The Morgan fingerprint density at radius 2 is 1.68 bits per heavy atom. The Hall–Kier alpha value is -3.40. The van der Waals surface area contributed by atoms with Crippen LogP contribution in [0.1, 0.15) is 50.4 Å². The van der Waals surface area contributed by atoms with Crippen LogP contribution in [0.2, 0.25) is 5.02 Å². The SMILES string of the molecule is COc1ccc(S(=O)(=O)Nc2ccc3c(c2)C(=O)N([C@H](C)CO)C[C@@H](C)[C@@H](CN(C)S(=O)(=O)c2ccc(Cl)cc2)OCCCC[C@H](C)O3)cc1. The third-order valence-corrected chi connectivity index (χ3v) is 12.1. The number of likely N-dealkylation sites (N-methyl/N-ethyl adjacent to an activating group) is 1. The Morgan fingerprint density at radius 1 is 1.02 bits per heavy atom. The highest BCUT2D eigenvalue weighted by Gasteiger charge is 2.32. The van der Waals surface area contributed by atoms with Crippen LogP contribution in [-0.4, -0.2) is 95.8 Å². The van der Waals surface area contributed by atoms with E-state index in [-0.39, 0.29) is 58.5 Å². The highest BCUT2D eigenvalue weighted by atomic mass is 35.5. The molecule has 0 saturated carbocycles. The van der Waals surface area contributed by atoms with Gasteiger partial charge in [0.1, 0.15) is 11.5 Å². The number of nitrogens with one attached hydrogen (secondary N) is 1. The number of anilines is 1. The lowest BCUT2D eigenvalue weighted by Gasteiger charge is -2.35. The van der Waals surface area contributed by atoms with Crippen LogP contribution < -0.4 is 14.2 Å². The number of nitrogens with zero attached hydrogens (tertiary/aromatic N) is 2. The zero-order valence-electron chi connectivity index (χ0n) is 28.9. The number of methoxy groups -OCH3 is 1. The molecule has 1 amide bonds. The number of rotatable bonds is 10. The van der Waals surface area contributed by atoms with Gasteiger partial charge in [-0.2, -0.15) is 4.31 Å². The molecule has 0 fully saturated rings. The second-order valence-corrected chi connectivity index (χ2v) is 16.7. The van der Waals surface area contributed by atoms with Gasteiger partial charge >= 0.3 is 0 Å². The normalized spacial score (nSPS) is 20.4. The first-order valence-electron chi connectivity index (χ1n) is 16.4. The summed E-state index contributed by atoms with van der Waals surface area (Å²) in [5.41, 5.74) is 0.251. The highest BCUT2D eigenvalue weighted by molar-refractivity contribution is 7.92.